The van der Waals surface area contributed by atoms with Gasteiger partial charge in [-0.2, -0.15) is 0 Å². The molecule has 96 valence electrons. The third-order valence-corrected chi connectivity index (χ3v) is 3.10. The number of carbonyl (C=O) groups is 2. The van der Waals surface area contributed by atoms with Gasteiger partial charge >= 0.3 is 11.9 Å². The summed E-state index contributed by atoms with van der Waals surface area (Å²) in [6, 6.07) is 3.62. The molecule has 0 N–H and O–H groups in total. The van der Waals surface area contributed by atoms with Crippen molar-refractivity contribution >= 4 is 11.9 Å². The van der Waals surface area contributed by atoms with Crippen molar-refractivity contribution in [3.8, 4) is 5.75 Å². The molecule has 1 aliphatic heterocycles. The van der Waals surface area contributed by atoms with Crippen LogP contribution in [0.15, 0.2) is 12.1 Å². The molecule has 0 aliphatic carbocycles. The van der Waals surface area contributed by atoms with Crippen molar-refractivity contribution in [3.63, 3.8) is 0 Å². The highest BCUT2D eigenvalue weighted by Crippen LogP contribution is 2.31. The largest absolute Gasteiger partial charge is 0.496 e. The topological polar surface area (TPSA) is 52.6 Å². The molecule has 0 atom stereocenters. The van der Waals surface area contributed by atoms with Crippen LogP contribution in [0, 0.1) is 0 Å². The van der Waals surface area contributed by atoms with Crippen LogP contribution in [0.3, 0.4) is 0 Å². The maximum absolute atomic E-state index is 11.8. The summed E-state index contributed by atoms with van der Waals surface area (Å²) >= 11 is 0. The Balaban J connectivity index is 2.55. The molecule has 0 saturated carbocycles. The number of benzene rings is 1. The normalized spacial score (nSPS) is 15.1. The molecule has 0 bridgehead atoms. The van der Waals surface area contributed by atoms with Gasteiger partial charge in [-0.1, -0.05) is 19.9 Å². The highest BCUT2D eigenvalue weighted by molar-refractivity contribution is 5.99. The standard InChI is InChI=1S/C14H16O4/c1-8(2)10-6-9-4-5-13(15)18-14(16)11(9)7-12(10)17-3/h6-8H,4-5H2,1-3H3. The lowest BCUT2D eigenvalue weighted by Crippen LogP contribution is -2.10. The number of methoxy groups -OCH3 is 1. The van der Waals surface area contributed by atoms with Gasteiger partial charge < -0.3 is 9.47 Å². The van der Waals surface area contributed by atoms with Crippen LogP contribution >= 0.6 is 0 Å². The molecule has 1 aromatic carbocycles. The molecule has 0 unspecified atom stereocenters. The van der Waals surface area contributed by atoms with Gasteiger partial charge in [-0.25, -0.2) is 4.79 Å². The lowest BCUT2D eigenvalue weighted by molar-refractivity contribution is -0.137. The number of ether oxygens (including phenoxy) is 2. The van der Waals surface area contributed by atoms with Gasteiger partial charge in [0.05, 0.1) is 19.1 Å². The van der Waals surface area contributed by atoms with Crippen LogP contribution in [0.5, 0.6) is 5.75 Å². The van der Waals surface area contributed by atoms with Crippen LogP contribution in [0.25, 0.3) is 0 Å². The van der Waals surface area contributed by atoms with Gasteiger partial charge in [0.1, 0.15) is 5.75 Å². The molecule has 1 aliphatic rings. The molecule has 0 saturated heterocycles. The summed E-state index contributed by atoms with van der Waals surface area (Å²) in [6.07, 6.45) is 0.770. The Morgan fingerprint density at radius 1 is 1.22 bits per heavy atom. The molecule has 0 spiro atoms. The van der Waals surface area contributed by atoms with Crippen molar-refractivity contribution in [2.45, 2.75) is 32.6 Å². The summed E-state index contributed by atoms with van der Waals surface area (Å²) in [4.78, 5) is 23.0. The van der Waals surface area contributed by atoms with Gasteiger partial charge in [-0.15, -0.1) is 0 Å². The quantitative estimate of drug-likeness (QED) is 0.596. The average molecular weight is 248 g/mol. The fraction of sp³-hybridized carbons (Fsp3) is 0.429. The highest BCUT2D eigenvalue weighted by Gasteiger charge is 2.24. The number of hydrogen-bond donors (Lipinski definition) is 0. The maximum Gasteiger partial charge on any atom is 0.346 e. The minimum Gasteiger partial charge on any atom is -0.496 e. The molecule has 0 radical (unpaired) electrons. The fourth-order valence-electron chi connectivity index (χ4n) is 2.11. The number of carbonyl (C=O) groups excluding carboxylic acids is 2. The van der Waals surface area contributed by atoms with Gasteiger partial charge in [-0.3, -0.25) is 4.79 Å². The van der Waals surface area contributed by atoms with E-state index in [1.165, 1.54) is 0 Å². The summed E-state index contributed by atoms with van der Waals surface area (Å²) in [6.45, 7) is 4.12. The first-order chi connectivity index (χ1) is 8.52. The number of esters is 2. The van der Waals surface area contributed by atoms with E-state index in [-0.39, 0.29) is 6.42 Å². The first-order valence-corrected chi connectivity index (χ1v) is 5.98. The zero-order valence-corrected chi connectivity index (χ0v) is 10.8. The molecule has 4 heteroatoms. The molecule has 0 fully saturated rings. The summed E-state index contributed by atoms with van der Waals surface area (Å²) < 4.78 is 10.0. The second-order valence-corrected chi connectivity index (χ2v) is 4.67. The van der Waals surface area contributed by atoms with Crippen molar-refractivity contribution in [1.29, 1.82) is 0 Å². The number of fused-ring (bicyclic) bond motifs is 1. The van der Waals surface area contributed by atoms with E-state index in [1.807, 2.05) is 6.07 Å². The predicted octanol–water partition coefficient (Wildman–Crippen LogP) is 2.45. The SMILES string of the molecule is COc1cc2c(cc1C(C)C)CCC(=O)OC2=O. The van der Waals surface area contributed by atoms with Gasteiger partial charge in [-0.05, 0) is 29.5 Å². The van der Waals surface area contributed by atoms with E-state index in [2.05, 4.69) is 13.8 Å². The zero-order valence-electron chi connectivity index (χ0n) is 10.8. The van der Waals surface area contributed by atoms with Crippen LogP contribution in [-0.4, -0.2) is 19.0 Å². The summed E-state index contributed by atoms with van der Waals surface area (Å²) in [5.41, 5.74) is 2.33. The number of aryl methyl sites for hydroxylation is 1. The van der Waals surface area contributed by atoms with Gasteiger partial charge in [0.25, 0.3) is 0 Å². The van der Waals surface area contributed by atoms with Gasteiger partial charge in [0.2, 0.25) is 0 Å². The first-order valence-electron chi connectivity index (χ1n) is 5.98. The van der Waals surface area contributed by atoms with Crippen LogP contribution < -0.4 is 4.74 Å². The summed E-state index contributed by atoms with van der Waals surface area (Å²) in [5.74, 6) is -0.0994. The lowest BCUT2D eigenvalue weighted by atomic mass is 9.94. The molecule has 1 heterocycles. The van der Waals surface area contributed by atoms with Crippen molar-refractivity contribution in [1.82, 2.24) is 0 Å². The average Bonchev–Trinajstić information content (AvgIpc) is 2.47. The Labute approximate surface area is 106 Å². The molecular formula is C14H16O4. The molecule has 4 nitrogen and oxygen atoms in total. The Kier molecular flexibility index (Phi) is 3.36. The highest BCUT2D eigenvalue weighted by atomic mass is 16.6. The Bertz CT molecular complexity index is 503. The fourth-order valence-corrected chi connectivity index (χ4v) is 2.11. The van der Waals surface area contributed by atoms with Crippen molar-refractivity contribution in [3.05, 3.63) is 28.8 Å². The van der Waals surface area contributed by atoms with Crippen molar-refractivity contribution < 1.29 is 19.1 Å². The number of hydrogen-bond acceptors (Lipinski definition) is 4. The molecule has 0 aromatic heterocycles. The second-order valence-electron chi connectivity index (χ2n) is 4.67. The minimum atomic E-state index is -0.582. The van der Waals surface area contributed by atoms with E-state index in [0.717, 1.165) is 11.1 Å². The molecule has 0 amide bonds. The second kappa shape index (κ2) is 4.80. The zero-order chi connectivity index (χ0) is 13.3. The Morgan fingerprint density at radius 2 is 1.94 bits per heavy atom. The third-order valence-electron chi connectivity index (χ3n) is 3.10. The smallest absolute Gasteiger partial charge is 0.346 e. The van der Waals surface area contributed by atoms with E-state index >= 15 is 0 Å². The molecule has 18 heavy (non-hydrogen) atoms. The van der Waals surface area contributed by atoms with Crippen LogP contribution in [-0.2, 0) is 16.0 Å². The summed E-state index contributed by atoms with van der Waals surface area (Å²) in [5, 5.41) is 0. The van der Waals surface area contributed by atoms with Crippen LogP contribution in [0.4, 0.5) is 0 Å². The number of cyclic esters (lactones) is 2. The number of rotatable bonds is 2. The van der Waals surface area contributed by atoms with Crippen molar-refractivity contribution in [2.24, 2.45) is 0 Å². The Morgan fingerprint density at radius 3 is 2.56 bits per heavy atom. The van der Waals surface area contributed by atoms with Crippen molar-refractivity contribution in [2.75, 3.05) is 7.11 Å². The van der Waals surface area contributed by atoms with E-state index in [4.69, 9.17) is 9.47 Å². The first kappa shape index (κ1) is 12.6. The maximum atomic E-state index is 11.8. The minimum absolute atomic E-state index is 0.239. The monoisotopic (exact) mass is 248 g/mol. The lowest BCUT2D eigenvalue weighted by Gasteiger charge is -2.15. The molecular weight excluding hydrogens is 232 g/mol. The summed E-state index contributed by atoms with van der Waals surface area (Å²) in [7, 11) is 1.57. The van der Waals surface area contributed by atoms with Gasteiger partial charge in [0, 0.05) is 0 Å². The predicted molar refractivity (Wildman–Crippen MR) is 65.8 cm³/mol. The van der Waals surface area contributed by atoms with Gasteiger partial charge in [0.15, 0.2) is 0 Å². The third kappa shape index (κ3) is 2.23. The van der Waals surface area contributed by atoms with Crippen LogP contribution in [0.2, 0.25) is 0 Å². The van der Waals surface area contributed by atoms with Crippen LogP contribution in [0.1, 0.15) is 47.7 Å². The van der Waals surface area contributed by atoms with E-state index in [1.54, 1.807) is 13.2 Å². The molecule has 1 aromatic rings. The molecule has 2 rings (SSSR count). The van der Waals surface area contributed by atoms with E-state index in [0.29, 0.717) is 23.7 Å². The Hall–Kier alpha value is -1.84. The van der Waals surface area contributed by atoms with E-state index < -0.39 is 11.9 Å². The van der Waals surface area contributed by atoms with E-state index in [9.17, 15) is 9.59 Å².